The Labute approximate surface area is 93.3 Å². The van der Waals surface area contributed by atoms with Crippen molar-refractivity contribution < 1.29 is 19.4 Å². The molecule has 1 rings (SSSR count). The molecule has 6 heteroatoms. The number of carbonyl (C=O) groups is 2. The van der Waals surface area contributed by atoms with Gasteiger partial charge in [-0.05, 0) is 0 Å². The maximum Gasteiger partial charge on any atom is 0.328 e. The molecule has 16 heavy (non-hydrogen) atoms. The van der Waals surface area contributed by atoms with Gasteiger partial charge < -0.3 is 20.5 Å². The largest absolute Gasteiger partial charge is 0.480 e. The first kappa shape index (κ1) is 12.5. The minimum Gasteiger partial charge on any atom is -0.480 e. The van der Waals surface area contributed by atoms with Gasteiger partial charge in [0.25, 0.3) is 0 Å². The number of amides is 1. The number of carboxylic acids is 1. The topological polar surface area (TPSA) is 92.9 Å². The Hall–Kier alpha value is -1.58. The smallest absolute Gasteiger partial charge is 0.328 e. The number of carbonyl (C=O) groups excluding carboxylic acids is 1. The molecule has 3 N–H and O–H groups in total. The van der Waals surface area contributed by atoms with Crippen molar-refractivity contribution >= 4 is 11.9 Å². The lowest BCUT2D eigenvalue weighted by molar-refractivity contribution is -0.158. The third-order valence-electron chi connectivity index (χ3n) is 2.35. The summed E-state index contributed by atoms with van der Waals surface area (Å²) in [6, 6.07) is -1.81. The molecule has 2 unspecified atom stereocenters. The van der Waals surface area contributed by atoms with Crippen molar-refractivity contribution in [2.45, 2.75) is 18.5 Å². The van der Waals surface area contributed by atoms with E-state index in [0.717, 1.165) is 0 Å². The molecular formula is C10H14N2O4. The van der Waals surface area contributed by atoms with E-state index in [1.807, 2.05) is 0 Å². The third-order valence-corrected chi connectivity index (χ3v) is 2.35. The van der Waals surface area contributed by atoms with Crippen LogP contribution in [0.25, 0.3) is 0 Å². The molecule has 6 nitrogen and oxygen atoms in total. The highest BCUT2D eigenvalue weighted by Crippen LogP contribution is 2.09. The molecule has 1 heterocycles. The molecular weight excluding hydrogens is 212 g/mol. The van der Waals surface area contributed by atoms with Gasteiger partial charge in [-0.1, -0.05) is 0 Å². The first-order chi connectivity index (χ1) is 7.57. The van der Waals surface area contributed by atoms with Gasteiger partial charge >= 0.3 is 5.97 Å². The van der Waals surface area contributed by atoms with Gasteiger partial charge in [-0.3, -0.25) is 4.79 Å². The highest BCUT2D eigenvalue weighted by molar-refractivity contribution is 5.87. The number of nitrogens with zero attached hydrogens (tertiary/aromatic N) is 1. The second kappa shape index (κ2) is 5.49. The number of aliphatic carboxylic acids is 1. The fourth-order valence-corrected chi connectivity index (χ4v) is 1.50. The zero-order valence-corrected chi connectivity index (χ0v) is 8.76. The molecule has 0 radical (unpaired) electrons. The Morgan fingerprint density at radius 3 is 2.94 bits per heavy atom. The van der Waals surface area contributed by atoms with Crippen LogP contribution in [0.4, 0.5) is 0 Å². The van der Waals surface area contributed by atoms with Gasteiger partial charge in [0.2, 0.25) is 5.91 Å². The van der Waals surface area contributed by atoms with E-state index in [1.165, 1.54) is 4.90 Å². The average molecular weight is 226 g/mol. The quantitative estimate of drug-likeness (QED) is 0.580. The van der Waals surface area contributed by atoms with E-state index in [-0.39, 0.29) is 19.6 Å². The van der Waals surface area contributed by atoms with Crippen LogP contribution in [-0.2, 0) is 14.3 Å². The fourth-order valence-electron chi connectivity index (χ4n) is 1.50. The zero-order valence-electron chi connectivity index (χ0n) is 8.76. The van der Waals surface area contributed by atoms with E-state index in [0.29, 0.717) is 6.61 Å². The molecule has 0 saturated carbocycles. The maximum absolute atomic E-state index is 11.8. The van der Waals surface area contributed by atoms with Crippen LogP contribution >= 0.6 is 0 Å². The molecule has 1 saturated heterocycles. The number of morpholine rings is 1. The summed E-state index contributed by atoms with van der Waals surface area (Å²) in [6.07, 6.45) is 5.15. The van der Waals surface area contributed by atoms with Crippen LogP contribution < -0.4 is 5.73 Å². The van der Waals surface area contributed by atoms with Crippen LogP contribution in [0, 0.1) is 12.3 Å². The summed E-state index contributed by atoms with van der Waals surface area (Å²) in [5, 5.41) is 8.91. The van der Waals surface area contributed by atoms with Gasteiger partial charge in [0.1, 0.15) is 0 Å². The SMILES string of the molecule is C#CCC(N)C(=O)N1CCOCC1C(=O)O. The van der Waals surface area contributed by atoms with Crippen molar-refractivity contribution in [2.24, 2.45) is 5.73 Å². The van der Waals surface area contributed by atoms with E-state index in [9.17, 15) is 9.59 Å². The molecule has 0 aliphatic carbocycles. The van der Waals surface area contributed by atoms with E-state index in [2.05, 4.69) is 5.92 Å². The highest BCUT2D eigenvalue weighted by atomic mass is 16.5. The molecule has 1 aliphatic rings. The van der Waals surface area contributed by atoms with Crippen molar-refractivity contribution in [1.82, 2.24) is 4.90 Å². The predicted octanol–water partition coefficient (Wildman–Crippen LogP) is -1.35. The van der Waals surface area contributed by atoms with Crippen LogP contribution in [0.3, 0.4) is 0 Å². The fraction of sp³-hybridized carbons (Fsp3) is 0.600. The van der Waals surface area contributed by atoms with Crippen molar-refractivity contribution in [3.05, 3.63) is 0 Å². The number of hydrogen-bond acceptors (Lipinski definition) is 4. The summed E-state index contributed by atoms with van der Waals surface area (Å²) >= 11 is 0. The van der Waals surface area contributed by atoms with Crippen LogP contribution in [0.2, 0.25) is 0 Å². The summed E-state index contributed by atoms with van der Waals surface area (Å²) in [5.41, 5.74) is 5.55. The standard InChI is InChI=1S/C10H14N2O4/c1-2-3-7(11)9(13)12-4-5-16-6-8(12)10(14)15/h1,7-8H,3-6,11H2,(H,14,15). The number of nitrogens with two attached hydrogens (primary N) is 1. The molecule has 1 aliphatic heterocycles. The highest BCUT2D eigenvalue weighted by Gasteiger charge is 2.34. The van der Waals surface area contributed by atoms with Crippen molar-refractivity contribution in [3.63, 3.8) is 0 Å². The van der Waals surface area contributed by atoms with Crippen LogP contribution in [0.5, 0.6) is 0 Å². The third kappa shape index (κ3) is 2.72. The normalized spacial score (nSPS) is 22.2. The summed E-state index contributed by atoms with van der Waals surface area (Å²) in [5.74, 6) is 0.748. The maximum atomic E-state index is 11.8. The Balaban J connectivity index is 2.72. The Kier molecular flexibility index (Phi) is 4.28. The van der Waals surface area contributed by atoms with Crippen molar-refractivity contribution in [1.29, 1.82) is 0 Å². The lowest BCUT2D eigenvalue weighted by atomic mass is 10.1. The van der Waals surface area contributed by atoms with Gasteiger partial charge in [0.05, 0.1) is 19.3 Å². The van der Waals surface area contributed by atoms with Gasteiger partial charge in [-0.25, -0.2) is 4.79 Å². The Bertz CT molecular complexity index is 323. The zero-order chi connectivity index (χ0) is 12.1. The molecule has 1 fully saturated rings. The van der Waals surface area contributed by atoms with E-state index >= 15 is 0 Å². The lowest BCUT2D eigenvalue weighted by Crippen LogP contribution is -2.56. The van der Waals surface area contributed by atoms with E-state index < -0.39 is 24.0 Å². The van der Waals surface area contributed by atoms with Crippen LogP contribution in [-0.4, -0.2) is 53.7 Å². The minimum atomic E-state index is -1.10. The number of ether oxygens (including phenoxy) is 1. The first-order valence-electron chi connectivity index (χ1n) is 4.88. The lowest BCUT2D eigenvalue weighted by Gasteiger charge is -2.34. The van der Waals surface area contributed by atoms with Crippen molar-refractivity contribution in [3.8, 4) is 12.3 Å². The number of rotatable bonds is 3. The molecule has 0 aromatic heterocycles. The number of terminal acetylenes is 1. The Morgan fingerprint density at radius 2 is 2.38 bits per heavy atom. The van der Waals surface area contributed by atoms with Gasteiger partial charge in [0, 0.05) is 13.0 Å². The van der Waals surface area contributed by atoms with Gasteiger partial charge in [-0.15, -0.1) is 12.3 Å². The monoisotopic (exact) mass is 226 g/mol. The second-order valence-electron chi connectivity index (χ2n) is 3.48. The van der Waals surface area contributed by atoms with Crippen molar-refractivity contribution in [2.75, 3.05) is 19.8 Å². The Morgan fingerprint density at radius 1 is 1.69 bits per heavy atom. The van der Waals surface area contributed by atoms with E-state index in [1.54, 1.807) is 0 Å². The molecule has 1 amide bonds. The van der Waals surface area contributed by atoms with Gasteiger partial charge in [-0.2, -0.15) is 0 Å². The summed E-state index contributed by atoms with van der Waals surface area (Å²) in [7, 11) is 0. The molecule has 0 spiro atoms. The summed E-state index contributed by atoms with van der Waals surface area (Å²) < 4.78 is 5.01. The number of hydrogen-bond donors (Lipinski definition) is 2. The minimum absolute atomic E-state index is 0.0101. The predicted molar refractivity (Wildman–Crippen MR) is 55.4 cm³/mol. The van der Waals surface area contributed by atoms with E-state index in [4.69, 9.17) is 22.0 Å². The summed E-state index contributed by atoms with van der Waals surface area (Å²) in [4.78, 5) is 23.9. The van der Waals surface area contributed by atoms with Crippen LogP contribution in [0.15, 0.2) is 0 Å². The molecule has 88 valence electrons. The average Bonchev–Trinajstić information content (AvgIpc) is 2.28. The molecule has 0 aromatic rings. The molecule has 0 bridgehead atoms. The molecule has 0 aromatic carbocycles. The van der Waals surface area contributed by atoms with Gasteiger partial charge in [0.15, 0.2) is 6.04 Å². The second-order valence-corrected chi connectivity index (χ2v) is 3.48. The summed E-state index contributed by atoms with van der Waals surface area (Å²) in [6.45, 7) is 0.538. The first-order valence-corrected chi connectivity index (χ1v) is 4.88. The number of carboxylic acid groups (broad SMARTS) is 1. The van der Waals surface area contributed by atoms with Crippen LogP contribution in [0.1, 0.15) is 6.42 Å². The molecule has 2 atom stereocenters.